The molecule has 0 spiro atoms. The Bertz CT molecular complexity index is 218. The fourth-order valence-corrected chi connectivity index (χ4v) is 0.801. The second kappa shape index (κ2) is 3.22. The van der Waals surface area contributed by atoms with E-state index in [0.717, 1.165) is 5.56 Å². The van der Waals surface area contributed by atoms with E-state index >= 15 is 0 Å². The minimum Gasteiger partial charge on any atom is -0.540 e. The van der Waals surface area contributed by atoms with Crippen LogP contribution in [0.2, 0.25) is 0 Å². The van der Waals surface area contributed by atoms with E-state index in [9.17, 15) is 0 Å². The lowest BCUT2D eigenvalue weighted by molar-refractivity contribution is 0.574. The van der Waals surface area contributed by atoms with Crippen molar-refractivity contribution in [1.82, 2.24) is 0 Å². The molecule has 3 radical (unpaired) electrons. The van der Waals surface area contributed by atoms with Gasteiger partial charge in [-0.05, 0) is 0 Å². The summed E-state index contributed by atoms with van der Waals surface area (Å²) >= 11 is 0. The van der Waals surface area contributed by atoms with Crippen molar-refractivity contribution in [3.8, 4) is 0 Å². The van der Waals surface area contributed by atoms with Crippen molar-refractivity contribution >= 4 is 16.2 Å². The van der Waals surface area contributed by atoms with Crippen molar-refractivity contribution in [2.45, 2.75) is 0 Å². The molecule has 49 valence electrons. The molecule has 0 bridgehead atoms. The van der Waals surface area contributed by atoms with Gasteiger partial charge in [-0.3, -0.25) is 0 Å². The molecule has 0 aromatic heterocycles. The Balaban J connectivity index is 2.85. The Morgan fingerprint density at radius 3 is 2.40 bits per heavy atom. The lowest BCUT2D eigenvalue weighted by Gasteiger charge is -2.01. The molecule has 0 saturated heterocycles. The van der Waals surface area contributed by atoms with Crippen molar-refractivity contribution < 1.29 is 4.43 Å². The van der Waals surface area contributed by atoms with E-state index in [-0.39, 0.29) is 0 Å². The summed E-state index contributed by atoms with van der Waals surface area (Å²) in [5, 5.41) is 0. The maximum absolute atomic E-state index is 4.75. The van der Waals surface area contributed by atoms with Crippen LogP contribution in [-0.2, 0) is 4.43 Å². The molecule has 0 aliphatic rings. The summed E-state index contributed by atoms with van der Waals surface area (Å²) in [7, 11) is 2.90. The van der Waals surface area contributed by atoms with Gasteiger partial charge in [-0.2, -0.15) is 0 Å². The third kappa shape index (κ3) is 1.48. The molecule has 0 N–H and O–H groups in total. The van der Waals surface area contributed by atoms with Gasteiger partial charge in [0.1, 0.15) is 5.76 Å². The standard InChI is InChI=1S/C8H7OSi/c1-7(9-10)8-5-3-2-4-6-8/h2-6H,1H2. The summed E-state index contributed by atoms with van der Waals surface area (Å²) in [6.07, 6.45) is 0. The van der Waals surface area contributed by atoms with E-state index in [0.29, 0.717) is 5.76 Å². The van der Waals surface area contributed by atoms with Crippen molar-refractivity contribution in [3.63, 3.8) is 0 Å². The number of benzene rings is 1. The number of hydrogen-bond donors (Lipinski definition) is 0. The summed E-state index contributed by atoms with van der Waals surface area (Å²) < 4.78 is 4.75. The summed E-state index contributed by atoms with van der Waals surface area (Å²) in [4.78, 5) is 0. The second-order valence-electron chi connectivity index (χ2n) is 1.89. The number of rotatable bonds is 2. The first-order chi connectivity index (χ1) is 4.84. The molecule has 0 atom stereocenters. The van der Waals surface area contributed by atoms with Crippen molar-refractivity contribution in [2.75, 3.05) is 0 Å². The largest absolute Gasteiger partial charge is 0.540 e. The van der Waals surface area contributed by atoms with Crippen LogP contribution in [0.1, 0.15) is 5.56 Å². The fourth-order valence-electron chi connectivity index (χ4n) is 0.683. The van der Waals surface area contributed by atoms with E-state index < -0.39 is 0 Å². The first-order valence-electron chi connectivity index (χ1n) is 2.92. The van der Waals surface area contributed by atoms with Crippen LogP contribution in [0.15, 0.2) is 36.9 Å². The molecular formula is C8H7OSi. The predicted molar refractivity (Wildman–Crippen MR) is 42.3 cm³/mol. The first kappa shape index (κ1) is 7.09. The summed E-state index contributed by atoms with van der Waals surface area (Å²) in [6, 6.07) is 9.69. The minimum absolute atomic E-state index is 0.622. The Labute approximate surface area is 63.9 Å². The van der Waals surface area contributed by atoms with Gasteiger partial charge in [0.25, 0.3) is 0 Å². The van der Waals surface area contributed by atoms with Crippen LogP contribution >= 0.6 is 0 Å². The smallest absolute Gasteiger partial charge is 0.341 e. The SMILES string of the molecule is C=C(O[Si])c1ccccc1. The molecular weight excluding hydrogens is 140 g/mol. The van der Waals surface area contributed by atoms with E-state index in [1.807, 2.05) is 30.3 Å². The highest BCUT2D eigenvalue weighted by atomic mass is 28.2. The molecule has 1 aromatic rings. The van der Waals surface area contributed by atoms with E-state index in [4.69, 9.17) is 4.43 Å². The quantitative estimate of drug-likeness (QED) is 0.457. The van der Waals surface area contributed by atoms with Gasteiger partial charge in [-0.15, -0.1) is 0 Å². The zero-order chi connectivity index (χ0) is 7.40. The van der Waals surface area contributed by atoms with Gasteiger partial charge in [0.2, 0.25) is 0 Å². The first-order valence-corrected chi connectivity index (χ1v) is 3.33. The lowest BCUT2D eigenvalue weighted by Crippen LogP contribution is -1.84. The minimum atomic E-state index is 0.622. The third-order valence-corrected chi connectivity index (χ3v) is 1.47. The van der Waals surface area contributed by atoms with Gasteiger partial charge >= 0.3 is 10.5 Å². The maximum atomic E-state index is 4.75. The van der Waals surface area contributed by atoms with Crippen LogP contribution in [0.3, 0.4) is 0 Å². The molecule has 1 rings (SSSR count). The van der Waals surface area contributed by atoms with Gasteiger partial charge < -0.3 is 4.43 Å². The third-order valence-electron chi connectivity index (χ3n) is 1.22. The molecule has 0 amide bonds. The highest BCUT2D eigenvalue weighted by molar-refractivity contribution is 6.01. The fraction of sp³-hybridized carbons (Fsp3) is 0. The zero-order valence-corrected chi connectivity index (χ0v) is 6.50. The van der Waals surface area contributed by atoms with Crippen molar-refractivity contribution in [2.24, 2.45) is 0 Å². The highest BCUT2D eigenvalue weighted by Crippen LogP contribution is 2.10. The van der Waals surface area contributed by atoms with Gasteiger partial charge in [0.05, 0.1) is 0 Å². The highest BCUT2D eigenvalue weighted by Gasteiger charge is 1.92. The monoisotopic (exact) mass is 147 g/mol. The molecule has 0 aliphatic carbocycles. The van der Waals surface area contributed by atoms with Crippen LogP contribution in [0.4, 0.5) is 0 Å². The number of hydrogen-bond acceptors (Lipinski definition) is 1. The topological polar surface area (TPSA) is 9.23 Å². The molecule has 0 heterocycles. The van der Waals surface area contributed by atoms with Gasteiger partial charge in [0.15, 0.2) is 0 Å². The summed E-state index contributed by atoms with van der Waals surface area (Å²) in [5.41, 5.74) is 0.984. The van der Waals surface area contributed by atoms with Crippen LogP contribution < -0.4 is 0 Å². The zero-order valence-electron chi connectivity index (χ0n) is 5.50. The van der Waals surface area contributed by atoms with Crippen LogP contribution in [0, 0.1) is 0 Å². The lowest BCUT2D eigenvalue weighted by atomic mass is 10.2. The van der Waals surface area contributed by atoms with Crippen LogP contribution in [0.5, 0.6) is 0 Å². The van der Waals surface area contributed by atoms with Crippen LogP contribution in [0.25, 0.3) is 5.76 Å². The molecule has 2 heteroatoms. The average molecular weight is 147 g/mol. The summed E-state index contributed by atoms with van der Waals surface area (Å²) in [5.74, 6) is 0.622. The molecule has 1 aromatic carbocycles. The van der Waals surface area contributed by atoms with E-state index in [2.05, 4.69) is 17.1 Å². The van der Waals surface area contributed by atoms with E-state index in [1.165, 1.54) is 0 Å². The van der Waals surface area contributed by atoms with Gasteiger partial charge in [-0.1, -0.05) is 36.9 Å². The Morgan fingerprint density at radius 2 is 1.90 bits per heavy atom. The average Bonchev–Trinajstić information content (AvgIpc) is 2.05. The van der Waals surface area contributed by atoms with Gasteiger partial charge in [0, 0.05) is 5.56 Å². The van der Waals surface area contributed by atoms with Crippen molar-refractivity contribution in [3.05, 3.63) is 42.5 Å². The summed E-state index contributed by atoms with van der Waals surface area (Å²) in [6.45, 7) is 3.67. The Hall–Kier alpha value is -1.02. The maximum Gasteiger partial charge on any atom is 0.341 e. The predicted octanol–water partition coefficient (Wildman–Crippen LogP) is 1.76. The van der Waals surface area contributed by atoms with Crippen molar-refractivity contribution in [1.29, 1.82) is 0 Å². The molecule has 0 aliphatic heterocycles. The van der Waals surface area contributed by atoms with E-state index in [1.54, 1.807) is 0 Å². The molecule has 0 saturated carbocycles. The molecule has 0 unspecified atom stereocenters. The second-order valence-corrected chi connectivity index (χ2v) is 2.10. The molecule has 1 nitrogen and oxygen atoms in total. The Kier molecular flexibility index (Phi) is 2.28. The normalized spacial score (nSPS) is 8.90. The molecule has 10 heavy (non-hydrogen) atoms. The Morgan fingerprint density at radius 1 is 1.30 bits per heavy atom. The van der Waals surface area contributed by atoms with Crippen LogP contribution in [-0.4, -0.2) is 10.5 Å². The van der Waals surface area contributed by atoms with Gasteiger partial charge in [-0.25, -0.2) is 0 Å². The molecule has 0 fully saturated rings.